The summed E-state index contributed by atoms with van der Waals surface area (Å²) in [6, 6.07) is 7.77. The largest absolute Gasteiger partial charge is 0.452 e. The van der Waals surface area contributed by atoms with E-state index in [2.05, 4.69) is 10.1 Å². The van der Waals surface area contributed by atoms with Crippen molar-refractivity contribution in [2.75, 3.05) is 13.2 Å². The van der Waals surface area contributed by atoms with Crippen molar-refractivity contribution < 1.29 is 27.8 Å². The summed E-state index contributed by atoms with van der Waals surface area (Å²) in [6.07, 6.45) is 0.513. The Bertz CT molecular complexity index is 659. The number of rotatable bonds is 8. The molecule has 1 N–H and O–H groups in total. The number of hydrogen-bond acceptors (Lipinski definition) is 5. The second-order valence-electron chi connectivity index (χ2n) is 4.71. The lowest BCUT2D eigenvalue weighted by molar-refractivity contribution is -0.124. The normalized spacial score (nSPS) is 10.5. The molecule has 0 fully saturated rings. The molecule has 0 radical (unpaired) electrons. The molecule has 0 spiro atoms. The molecule has 0 unspecified atom stereocenters. The number of carbonyl (C=O) groups is 2. The van der Waals surface area contributed by atoms with Gasteiger partial charge in [-0.3, -0.25) is 4.79 Å². The number of nitrogens with one attached hydrogen (secondary N) is 1. The third-order valence-electron chi connectivity index (χ3n) is 2.98. The van der Waals surface area contributed by atoms with E-state index >= 15 is 0 Å². The molecule has 5 nitrogen and oxygen atoms in total. The molecule has 8 heteroatoms. The summed E-state index contributed by atoms with van der Waals surface area (Å²) in [4.78, 5) is 23.1. The maximum atomic E-state index is 12.0. The van der Waals surface area contributed by atoms with Crippen LogP contribution in [0, 0.1) is 0 Å². The van der Waals surface area contributed by atoms with Gasteiger partial charge in [-0.1, -0.05) is 12.1 Å². The van der Waals surface area contributed by atoms with Crippen LogP contribution in [0.5, 0.6) is 5.75 Å². The zero-order valence-electron chi connectivity index (χ0n) is 12.5. The van der Waals surface area contributed by atoms with E-state index in [4.69, 9.17) is 4.74 Å². The molecule has 24 heavy (non-hydrogen) atoms. The molecule has 1 amide bonds. The highest BCUT2D eigenvalue weighted by Crippen LogP contribution is 2.15. The fraction of sp³-hybridized carbons (Fsp3) is 0.250. The molecule has 0 aliphatic rings. The van der Waals surface area contributed by atoms with Crippen molar-refractivity contribution in [3.63, 3.8) is 0 Å². The molecule has 0 aliphatic heterocycles. The minimum absolute atomic E-state index is 0.0816. The molecule has 0 saturated carbocycles. The zero-order valence-corrected chi connectivity index (χ0v) is 13.4. The Morgan fingerprint density at radius 2 is 1.92 bits per heavy atom. The SMILES string of the molecule is O=C(COC(=O)c1ccsc1)NCCc1ccc(OC(F)F)cc1. The summed E-state index contributed by atoms with van der Waals surface area (Å²) in [7, 11) is 0. The zero-order chi connectivity index (χ0) is 17.4. The van der Waals surface area contributed by atoms with Crippen LogP contribution in [0.3, 0.4) is 0 Å². The van der Waals surface area contributed by atoms with E-state index in [0.717, 1.165) is 5.56 Å². The van der Waals surface area contributed by atoms with E-state index in [9.17, 15) is 18.4 Å². The molecule has 1 heterocycles. The van der Waals surface area contributed by atoms with Crippen LogP contribution in [-0.4, -0.2) is 31.6 Å². The first-order valence-electron chi connectivity index (χ1n) is 7.04. The van der Waals surface area contributed by atoms with Crippen molar-refractivity contribution in [1.82, 2.24) is 5.32 Å². The molecule has 0 bridgehead atoms. The summed E-state index contributed by atoms with van der Waals surface area (Å²) < 4.78 is 33.2. The molecule has 0 aliphatic carbocycles. The topological polar surface area (TPSA) is 64.6 Å². The van der Waals surface area contributed by atoms with Gasteiger partial charge in [-0.15, -0.1) is 0 Å². The van der Waals surface area contributed by atoms with Crippen molar-refractivity contribution in [3.05, 3.63) is 52.2 Å². The van der Waals surface area contributed by atoms with Crippen molar-refractivity contribution in [3.8, 4) is 5.75 Å². The number of esters is 1. The average Bonchev–Trinajstić information content (AvgIpc) is 3.08. The van der Waals surface area contributed by atoms with E-state index < -0.39 is 18.5 Å². The molecule has 1 aromatic carbocycles. The Morgan fingerprint density at radius 3 is 2.54 bits per heavy atom. The van der Waals surface area contributed by atoms with Crippen LogP contribution in [0.15, 0.2) is 41.1 Å². The fourth-order valence-electron chi connectivity index (χ4n) is 1.83. The highest BCUT2D eigenvalue weighted by molar-refractivity contribution is 7.08. The van der Waals surface area contributed by atoms with Gasteiger partial charge in [0.25, 0.3) is 5.91 Å². The third kappa shape index (κ3) is 5.96. The molecule has 2 aromatic rings. The number of carbonyl (C=O) groups excluding carboxylic acids is 2. The quantitative estimate of drug-likeness (QED) is 0.740. The van der Waals surface area contributed by atoms with Gasteiger partial charge in [0.15, 0.2) is 6.61 Å². The molecule has 0 atom stereocenters. The van der Waals surface area contributed by atoms with Gasteiger partial charge in [0.05, 0.1) is 5.56 Å². The van der Waals surface area contributed by atoms with Crippen LogP contribution in [0.1, 0.15) is 15.9 Å². The maximum absolute atomic E-state index is 12.0. The standard InChI is InChI=1S/C16H15F2NO4S/c17-16(18)23-13-3-1-11(2-4-13)5-7-19-14(20)9-22-15(21)12-6-8-24-10-12/h1-4,6,8,10,16H,5,7,9H2,(H,19,20). The number of ether oxygens (including phenoxy) is 2. The van der Waals surface area contributed by atoms with Crippen molar-refractivity contribution in [1.29, 1.82) is 0 Å². The predicted molar refractivity (Wildman–Crippen MR) is 84.4 cm³/mol. The maximum Gasteiger partial charge on any atom is 0.387 e. The van der Waals surface area contributed by atoms with Crippen LogP contribution >= 0.6 is 11.3 Å². The molecule has 0 saturated heterocycles. The Labute approximate surface area is 141 Å². The molecule has 2 rings (SSSR count). The van der Waals surface area contributed by atoms with E-state index in [0.29, 0.717) is 18.5 Å². The predicted octanol–water partition coefficient (Wildman–Crippen LogP) is 2.87. The van der Waals surface area contributed by atoms with Crippen LogP contribution < -0.4 is 10.1 Å². The summed E-state index contributed by atoms with van der Waals surface area (Å²) in [5, 5.41) is 6.00. The van der Waals surface area contributed by atoms with Crippen LogP contribution in [-0.2, 0) is 16.0 Å². The summed E-state index contributed by atoms with van der Waals surface area (Å²) >= 11 is 1.37. The Balaban J connectivity index is 1.66. The van der Waals surface area contributed by atoms with E-state index in [-0.39, 0.29) is 12.4 Å². The Kier molecular flexibility index (Phi) is 6.68. The van der Waals surface area contributed by atoms with Gasteiger partial charge in [0.1, 0.15) is 5.75 Å². The number of halogens is 2. The van der Waals surface area contributed by atoms with E-state index in [1.807, 2.05) is 0 Å². The van der Waals surface area contributed by atoms with Crippen LogP contribution in [0.25, 0.3) is 0 Å². The first kappa shape index (κ1) is 17.9. The van der Waals surface area contributed by atoms with Crippen LogP contribution in [0.4, 0.5) is 8.78 Å². The van der Waals surface area contributed by atoms with Gasteiger partial charge in [0.2, 0.25) is 0 Å². The van der Waals surface area contributed by atoms with E-state index in [1.54, 1.807) is 29.0 Å². The number of amides is 1. The number of thiophene rings is 1. The molecular formula is C16H15F2NO4S. The second kappa shape index (κ2) is 8.97. The highest BCUT2D eigenvalue weighted by atomic mass is 32.1. The summed E-state index contributed by atoms with van der Waals surface area (Å²) in [6.45, 7) is -2.87. The lowest BCUT2D eigenvalue weighted by atomic mass is 10.1. The minimum atomic E-state index is -2.85. The van der Waals surface area contributed by atoms with Crippen molar-refractivity contribution >= 4 is 23.2 Å². The van der Waals surface area contributed by atoms with Crippen molar-refractivity contribution in [2.45, 2.75) is 13.0 Å². The fourth-order valence-corrected chi connectivity index (χ4v) is 2.46. The summed E-state index contributed by atoms with van der Waals surface area (Å²) in [5.41, 5.74) is 1.27. The first-order valence-corrected chi connectivity index (χ1v) is 7.98. The minimum Gasteiger partial charge on any atom is -0.452 e. The van der Waals surface area contributed by atoms with Gasteiger partial charge in [-0.2, -0.15) is 20.1 Å². The molecular weight excluding hydrogens is 340 g/mol. The molecule has 128 valence electrons. The highest BCUT2D eigenvalue weighted by Gasteiger charge is 2.10. The Hall–Kier alpha value is -2.48. The van der Waals surface area contributed by atoms with Crippen molar-refractivity contribution in [2.24, 2.45) is 0 Å². The Morgan fingerprint density at radius 1 is 1.17 bits per heavy atom. The lowest BCUT2D eigenvalue weighted by Crippen LogP contribution is -2.30. The lowest BCUT2D eigenvalue weighted by Gasteiger charge is -2.07. The average molecular weight is 355 g/mol. The smallest absolute Gasteiger partial charge is 0.387 e. The van der Waals surface area contributed by atoms with Gasteiger partial charge in [-0.25, -0.2) is 4.79 Å². The monoisotopic (exact) mass is 355 g/mol. The molecule has 1 aromatic heterocycles. The second-order valence-corrected chi connectivity index (χ2v) is 5.49. The summed E-state index contributed by atoms with van der Waals surface area (Å²) in [5.74, 6) is -0.865. The van der Waals surface area contributed by atoms with Crippen LogP contribution in [0.2, 0.25) is 0 Å². The van der Waals surface area contributed by atoms with E-state index in [1.165, 1.54) is 23.5 Å². The number of hydrogen-bond donors (Lipinski definition) is 1. The van der Waals surface area contributed by atoms with Gasteiger partial charge >= 0.3 is 12.6 Å². The number of alkyl halides is 2. The first-order chi connectivity index (χ1) is 11.5. The van der Waals surface area contributed by atoms with Gasteiger partial charge in [0, 0.05) is 11.9 Å². The number of benzene rings is 1. The third-order valence-corrected chi connectivity index (χ3v) is 3.66. The van der Waals surface area contributed by atoms with Gasteiger partial charge in [-0.05, 0) is 35.6 Å². The van der Waals surface area contributed by atoms with Gasteiger partial charge < -0.3 is 14.8 Å².